The molecular weight excluding hydrogens is 688 g/mol. The molecule has 0 aromatic heterocycles. The lowest BCUT2D eigenvalue weighted by atomic mass is 9.47. The summed E-state index contributed by atoms with van der Waals surface area (Å²) in [5, 5.41) is 72.6. The largest absolute Gasteiger partial charge is 0.396 e. The topological polar surface area (TPSA) is 197 Å². The molecule has 3 saturated carbocycles. The molecule has 0 amide bonds. The molecule has 5 unspecified atom stereocenters. The first-order chi connectivity index (χ1) is 25.1. The van der Waals surface area contributed by atoms with Crippen LogP contribution in [0.4, 0.5) is 0 Å². The first-order valence-corrected chi connectivity index (χ1v) is 20.3. The Balaban J connectivity index is 1.04. The Kier molecular flexibility index (Phi) is 11.6. The molecule has 7 rings (SSSR count). The summed E-state index contributed by atoms with van der Waals surface area (Å²) in [5.74, 6) is 1.97. The lowest BCUT2D eigenvalue weighted by molar-refractivity contribution is -0.369. The normalized spacial score (nSPS) is 54.4. The smallest absolute Gasteiger partial charge is 0.187 e. The van der Waals surface area contributed by atoms with Gasteiger partial charge in [0, 0.05) is 26.1 Å². The van der Waals surface area contributed by atoms with Gasteiger partial charge in [-0.3, -0.25) is 0 Å². The van der Waals surface area contributed by atoms with Crippen LogP contribution in [-0.2, 0) is 28.4 Å². The van der Waals surface area contributed by atoms with Crippen LogP contribution in [0.1, 0.15) is 92.4 Å². The Morgan fingerprint density at radius 2 is 1.64 bits per heavy atom. The number of aliphatic hydroxyl groups excluding tert-OH is 7. The molecule has 4 aliphatic carbocycles. The summed E-state index contributed by atoms with van der Waals surface area (Å²) in [6.07, 6.45) is -2.75. The van der Waals surface area contributed by atoms with Crippen molar-refractivity contribution in [2.75, 3.05) is 20.3 Å². The van der Waals surface area contributed by atoms with Crippen LogP contribution >= 0.6 is 0 Å². The van der Waals surface area contributed by atoms with Crippen molar-refractivity contribution in [1.29, 1.82) is 0 Å². The monoisotopic (exact) mass is 754 g/mol. The molecule has 0 spiro atoms. The molecular formula is C40H66O13. The Hall–Kier alpha value is -0.780. The quantitative estimate of drug-likeness (QED) is 0.160. The van der Waals surface area contributed by atoms with Gasteiger partial charge in [0.05, 0.1) is 24.9 Å². The molecule has 0 aromatic rings. The maximum Gasteiger partial charge on any atom is 0.187 e. The number of methoxy groups -OCH3 is 1. The third-order valence-corrected chi connectivity index (χ3v) is 15.6. The van der Waals surface area contributed by atoms with Crippen LogP contribution in [0.15, 0.2) is 11.6 Å². The van der Waals surface area contributed by atoms with Crippen molar-refractivity contribution in [3.05, 3.63) is 11.6 Å². The summed E-state index contributed by atoms with van der Waals surface area (Å²) in [6.45, 7) is 10.5. The number of aliphatic hydroxyl groups is 7. The average Bonchev–Trinajstić information content (AvgIpc) is 3.60. The summed E-state index contributed by atoms with van der Waals surface area (Å²) >= 11 is 0. The molecule has 3 heterocycles. The number of fused-ring (bicyclic) bond motifs is 7. The maximum atomic E-state index is 11.1. The van der Waals surface area contributed by atoms with Crippen LogP contribution in [0.25, 0.3) is 0 Å². The second-order valence-electron chi connectivity index (χ2n) is 18.3. The van der Waals surface area contributed by atoms with Crippen LogP contribution in [0.3, 0.4) is 0 Å². The molecule has 7 aliphatic rings. The van der Waals surface area contributed by atoms with Gasteiger partial charge in [-0.1, -0.05) is 39.3 Å². The lowest BCUT2D eigenvalue weighted by Crippen LogP contribution is -2.64. The number of allylic oxidation sites excluding steroid dienone is 1. The van der Waals surface area contributed by atoms with Gasteiger partial charge in [0.15, 0.2) is 18.4 Å². The van der Waals surface area contributed by atoms with Gasteiger partial charge in [0.25, 0.3) is 0 Å². The first kappa shape index (κ1) is 40.4. The van der Waals surface area contributed by atoms with E-state index in [1.807, 2.05) is 0 Å². The SMILES string of the molecule is CO[C@]1(CC[C@@H](C)CO)OC2CC3C4CC=C5C[C@@H](O[C@@H]6O[C@H](CO)[C@@H](O)[C@H](O)[C@H]6O[C@@H]6O[C@@H](C)[C@H](O)[C@@H](O)[C@H]6O)CC[C@]5(C)C4CC[C@]3(C)C2[C@@H]1C. The molecule has 13 nitrogen and oxygen atoms in total. The van der Waals surface area contributed by atoms with Gasteiger partial charge < -0.3 is 64.2 Å². The van der Waals surface area contributed by atoms with E-state index >= 15 is 0 Å². The van der Waals surface area contributed by atoms with Crippen LogP contribution in [0, 0.1) is 46.3 Å². The van der Waals surface area contributed by atoms with Crippen LogP contribution < -0.4 is 0 Å². The summed E-state index contributed by atoms with van der Waals surface area (Å²) in [5.41, 5.74) is 1.56. The first-order valence-electron chi connectivity index (χ1n) is 20.3. The van der Waals surface area contributed by atoms with Gasteiger partial charge in [-0.25, -0.2) is 0 Å². The zero-order valence-corrected chi connectivity index (χ0v) is 32.3. The minimum atomic E-state index is -1.62. The van der Waals surface area contributed by atoms with E-state index in [4.69, 9.17) is 28.4 Å². The molecule has 21 atom stereocenters. The number of ether oxygens (including phenoxy) is 6. The minimum absolute atomic E-state index is 0.0187. The fourth-order valence-corrected chi connectivity index (χ4v) is 12.4. The Morgan fingerprint density at radius 3 is 2.34 bits per heavy atom. The Morgan fingerprint density at radius 1 is 0.887 bits per heavy atom. The van der Waals surface area contributed by atoms with Gasteiger partial charge in [-0.2, -0.15) is 0 Å². The third kappa shape index (κ3) is 6.69. The van der Waals surface area contributed by atoms with E-state index in [9.17, 15) is 35.7 Å². The molecule has 0 bridgehead atoms. The zero-order chi connectivity index (χ0) is 38.2. The van der Waals surface area contributed by atoms with Gasteiger partial charge in [-0.15, -0.1) is 0 Å². The Bertz CT molecular complexity index is 1320. The van der Waals surface area contributed by atoms with E-state index in [1.54, 1.807) is 7.11 Å². The second kappa shape index (κ2) is 15.2. The van der Waals surface area contributed by atoms with E-state index in [1.165, 1.54) is 12.5 Å². The van der Waals surface area contributed by atoms with E-state index in [0.717, 1.165) is 51.4 Å². The van der Waals surface area contributed by atoms with Crippen molar-refractivity contribution in [2.24, 2.45) is 46.3 Å². The number of hydrogen-bond acceptors (Lipinski definition) is 13. The summed E-state index contributed by atoms with van der Waals surface area (Å²) in [4.78, 5) is 0. The highest BCUT2D eigenvalue weighted by Gasteiger charge is 2.68. The fourth-order valence-electron chi connectivity index (χ4n) is 12.4. The highest BCUT2D eigenvalue weighted by atomic mass is 16.8. The molecule has 304 valence electrons. The van der Waals surface area contributed by atoms with Crippen molar-refractivity contribution < 1.29 is 64.2 Å². The third-order valence-electron chi connectivity index (χ3n) is 15.6. The van der Waals surface area contributed by atoms with Crippen molar-refractivity contribution >= 4 is 0 Å². The van der Waals surface area contributed by atoms with Crippen molar-refractivity contribution in [3.8, 4) is 0 Å². The van der Waals surface area contributed by atoms with Crippen molar-refractivity contribution in [1.82, 2.24) is 0 Å². The maximum absolute atomic E-state index is 11.1. The highest BCUT2D eigenvalue weighted by molar-refractivity contribution is 5.26. The molecule has 53 heavy (non-hydrogen) atoms. The van der Waals surface area contributed by atoms with Gasteiger partial charge in [0.2, 0.25) is 0 Å². The van der Waals surface area contributed by atoms with Crippen LogP contribution in [0.5, 0.6) is 0 Å². The molecule has 7 N–H and O–H groups in total. The standard InChI is InChI=1S/C40H66O13/c1-19(17-41)9-14-40(48-6)20(2)29-27(53-40)16-26-24-8-7-22-15-23(10-12-38(22,4)25(24)11-13-39(26,29)5)50-37-35(33(46)31(44)28(18-42)51-37)52-36-34(47)32(45)30(43)21(3)49-36/h7,19-21,23-37,41-47H,8-18H2,1-6H3/t19-,20+,21+,23+,24?,25?,26?,27?,28-,29?,30+,31-,32-,33+,34-,35-,36+,37-,38+,39+,40-/m1/s1. The predicted octanol–water partition coefficient (Wildman–Crippen LogP) is 2.00. The zero-order valence-electron chi connectivity index (χ0n) is 32.3. The molecule has 13 heteroatoms. The molecule has 0 aromatic carbocycles. The van der Waals surface area contributed by atoms with Gasteiger partial charge in [0.1, 0.15) is 42.7 Å². The van der Waals surface area contributed by atoms with Gasteiger partial charge in [-0.05, 0) is 98.7 Å². The second-order valence-corrected chi connectivity index (χ2v) is 18.3. The van der Waals surface area contributed by atoms with E-state index in [2.05, 4.69) is 33.8 Å². The van der Waals surface area contributed by atoms with Gasteiger partial charge >= 0.3 is 0 Å². The van der Waals surface area contributed by atoms with Crippen LogP contribution in [0.2, 0.25) is 0 Å². The van der Waals surface area contributed by atoms with Crippen molar-refractivity contribution in [2.45, 2.75) is 172 Å². The van der Waals surface area contributed by atoms with Crippen LogP contribution in [-0.4, -0.2) is 135 Å². The Labute approximate surface area is 313 Å². The highest BCUT2D eigenvalue weighted by Crippen LogP contribution is 2.70. The molecule has 3 saturated heterocycles. The summed E-state index contributed by atoms with van der Waals surface area (Å²) in [7, 11) is 1.78. The number of rotatable bonds is 10. The fraction of sp³-hybridized carbons (Fsp3) is 0.950. The summed E-state index contributed by atoms with van der Waals surface area (Å²) < 4.78 is 37.3. The number of hydrogen-bond donors (Lipinski definition) is 7. The van der Waals surface area contributed by atoms with E-state index < -0.39 is 73.8 Å². The molecule has 3 aliphatic heterocycles. The predicted molar refractivity (Wildman–Crippen MR) is 190 cm³/mol. The lowest BCUT2D eigenvalue weighted by Gasteiger charge is -2.58. The van der Waals surface area contributed by atoms with Crippen molar-refractivity contribution in [3.63, 3.8) is 0 Å². The molecule has 0 radical (unpaired) electrons. The van der Waals surface area contributed by atoms with E-state index in [0.29, 0.717) is 30.1 Å². The minimum Gasteiger partial charge on any atom is -0.396 e. The summed E-state index contributed by atoms with van der Waals surface area (Å²) in [6, 6.07) is 0. The molecule has 6 fully saturated rings. The average molecular weight is 755 g/mol. The van der Waals surface area contributed by atoms with E-state index in [-0.39, 0.29) is 41.5 Å².